The van der Waals surface area contributed by atoms with E-state index in [1.165, 1.54) is 23.9 Å². The highest BCUT2D eigenvalue weighted by molar-refractivity contribution is 7.99. The molecule has 4 aliphatic rings. The van der Waals surface area contributed by atoms with Gasteiger partial charge in [-0.1, -0.05) is 25.1 Å². The topological polar surface area (TPSA) is 194 Å². The molecule has 1 aromatic rings. The van der Waals surface area contributed by atoms with Crippen LogP contribution in [0.4, 0.5) is 4.79 Å². The summed E-state index contributed by atoms with van der Waals surface area (Å²) in [4.78, 5) is 12.6. The number of fused-ring (bicyclic) bond motifs is 1. The largest absolute Gasteiger partial charge is 0.509 e. The third-order valence-electron chi connectivity index (χ3n) is 8.71. The lowest BCUT2D eigenvalue weighted by Crippen LogP contribution is -2.68. The molecule has 0 amide bonds. The second-order valence-electron chi connectivity index (χ2n) is 11.8. The summed E-state index contributed by atoms with van der Waals surface area (Å²) in [6.07, 6.45) is -14.5. The number of aliphatic hydroxyl groups excluding tert-OH is 1. The molecular formula is C27H44NO16P5S2. The van der Waals surface area contributed by atoms with Gasteiger partial charge in [0.15, 0.2) is 30.9 Å². The van der Waals surface area contributed by atoms with Crippen LogP contribution < -0.4 is 4.72 Å². The molecule has 4 aliphatic heterocycles. The fourth-order valence-corrected chi connectivity index (χ4v) is 10.0. The Morgan fingerprint density at radius 3 is 2.04 bits per heavy atom. The zero-order valence-corrected chi connectivity index (χ0v) is 34.8. The predicted octanol–water partition coefficient (Wildman–Crippen LogP) is 1.46. The number of sulfonamides is 1. The molecule has 24 heteroatoms. The fraction of sp³-hybridized carbons (Fsp3) is 0.741. The molecule has 0 radical (unpaired) electrons. The molecule has 51 heavy (non-hydrogen) atoms. The summed E-state index contributed by atoms with van der Waals surface area (Å²) in [6.45, 7) is 3.47. The number of ether oxygens (including phenoxy) is 7. The third kappa shape index (κ3) is 9.71. The van der Waals surface area contributed by atoms with Crippen molar-refractivity contribution in [3.8, 4) is 0 Å². The molecule has 0 aliphatic carbocycles. The lowest BCUT2D eigenvalue weighted by molar-refractivity contribution is -0.361. The summed E-state index contributed by atoms with van der Waals surface area (Å²) >= 11 is 1.30. The quantitative estimate of drug-likeness (QED) is 0.179. The third-order valence-corrected chi connectivity index (χ3v) is 12.6. The molecule has 0 aromatic heterocycles. The summed E-state index contributed by atoms with van der Waals surface area (Å²) < 4.78 is 100. The van der Waals surface area contributed by atoms with Gasteiger partial charge in [0, 0.05) is 47.3 Å². The Kier molecular flexibility index (Phi) is 16.3. The summed E-state index contributed by atoms with van der Waals surface area (Å²) in [6, 6.07) is 6.57. The van der Waals surface area contributed by atoms with Gasteiger partial charge in [-0.05, 0) is 24.8 Å². The van der Waals surface area contributed by atoms with E-state index in [0.29, 0.717) is 5.75 Å². The molecule has 0 bridgehead atoms. The number of carbonyl (C=O) groups excluding carboxylic acids is 1. The molecular weight excluding hydrogens is 813 g/mol. The molecule has 4 saturated heterocycles. The van der Waals surface area contributed by atoms with Crippen LogP contribution >= 0.6 is 59.1 Å². The van der Waals surface area contributed by atoms with Crippen molar-refractivity contribution in [2.45, 2.75) is 110 Å². The highest BCUT2D eigenvalue weighted by Crippen LogP contribution is 2.40. The molecule has 17 nitrogen and oxygen atoms in total. The molecule has 11 unspecified atom stereocenters. The van der Waals surface area contributed by atoms with Crippen molar-refractivity contribution < 1.29 is 74.1 Å². The van der Waals surface area contributed by atoms with Gasteiger partial charge in [-0.3, -0.25) is 0 Å². The summed E-state index contributed by atoms with van der Waals surface area (Å²) in [5.41, 5.74) is -0.859. The number of carbonyl (C=O) groups is 1. The second-order valence-corrected chi connectivity index (χ2v) is 16.4. The van der Waals surface area contributed by atoms with Gasteiger partial charge in [0.05, 0.1) is 30.3 Å². The Morgan fingerprint density at radius 1 is 0.804 bits per heavy atom. The van der Waals surface area contributed by atoms with E-state index in [1.807, 2.05) is 6.92 Å². The fourth-order valence-electron chi connectivity index (χ4n) is 6.36. The maximum Gasteiger partial charge on any atom is 0.509 e. The van der Waals surface area contributed by atoms with Crippen molar-refractivity contribution in [2.24, 2.45) is 0 Å². The van der Waals surface area contributed by atoms with E-state index in [9.17, 15) is 18.3 Å². The SMILES string of the molecule is CCS[C@@H]1OC(COP)[C@H](O)[C@H](O[C@@H]2OC(COP)[C@@H]3OC(=O)O[C@@H]3C2O[C@@H]2OC(C)[C@H](OP)[C@H](OP)C2OP)C1NS(=O)(=O)c1ccccc1. The predicted molar refractivity (Wildman–Crippen MR) is 196 cm³/mol. The number of hydrogen-bond acceptors (Lipinski definition) is 17. The molecule has 20 atom stereocenters. The number of benzene rings is 1. The monoisotopic (exact) mass is 857 g/mol. The van der Waals surface area contributed by atoms with Crippen LogP contribution in [-0.2, 0) is 65.8 Å². The molecule has 0 saturated carbocycles. The van der Waals surface area contributed by atoms with Crippen LogP contribution in [0.25, 0.3) is 0 Å². The smallest absolute Gasteiger partial charge is 0.424 e. The summed E-state index contributed by atoms with van der Waals surface area (Å²) in [5, 5.41) is 11.8. The number of hydrogen-bond donors (Lipinski definition) is 2. The number of nitrogens with one attached hydrogen (secondary N) is 1. The van der Waals surface area contributed by atoms with E-state index in [4.69, 9.17) is 55.8 Å². The van der Waals surface area contributed by atoms with Gasteiger partial charge in [-0.2, -0.15) is 0 Å². The second kappa shape index (κ2) is 19.6. The molecule has 4 heterocycles. The van der Waals surface area contributed by atoms with E-state index in [1.54, 1.807) is 25.1 Å². The van der Waals surface area contributed by atoms with E-state index in [0.717, 1.165) is 0 Å². The van der Waals surface area contributed by atoms with Gasteiger partial charge in [-0.15, -0.1) is 11.8 Å². The molecule has 290 valence electrons. The first-order chi connectivity index (χ1) is 24.5. The van der Waals surface area contributed by atoms with Crippen LogP contribution in [0.1, 0.15) is 13.8 Å². The average Bonchev–Trinajstić information content (AvgIpc) is 3.51. The first-order valence-corrected chi connectivity index (χ1v) is 20.6. The highest BCUT2D eigenvalue weighted by Gasteiger charge is 2.60. The van der Waals surface area contributed by atoms with Crippen molar-refractivity contribution in [3.63, 3.8) is 0 Å². The van der Waals surface area contributed by atoms with Crippen molar-refractivity contribution >= 4 is 75.3 Å². The number of rotatable bonds is 16. The van der Waals surface area contributed by atoms with Crippen molar-refractivity contribution in [1.82, 2.24) is 4.72 Å². The van der Waals surface area contributed by atoms with Gasteiger partial charge in [0.1, 0.15) is 48.2 Å². The standard InChI is InChI=1S/C27H44NO16P5S2/c1-3-50-26-15(28-51(31,32)12-7-5-4-6-8-12)19(16(29)13(37-26)9-33-45)38-24-22(20-18(40-27(30)41-20)14(36-24)10-34-46)39-25-23(44-49)21(43-48)17(42-47)11(2)35-25/h4-8,11,13-26,28-29H,3,9-10,45-49H2,1-2H3/t11?,13?,14?,15?,16-,17-,18-,19+,20-,21-,22?,23?,24-,25-,26-/m0/s1. The Morgan fingerprint density at radius 2 is 1.41 bits per heavy atom. The normalized spacial score (nSPS) is 40.0. The van der Waals surface area contributed by atoms with Crippen LogP contribution in [0.5, 0.6) is 0 Å². The van der Waals surface area contributed by atoms with E-state index in [-0.39, 0.29) is 18.1 Å². The van der Waals surface area contributed by atoms with Gasteiger partial charge in [0.25, 0.3) is 0 Å². The highest BCUT2D eigenvalue weighted by atomic mass is 32.2. The maximum absolute atomic E-state index is 13.7. The molecule has 0 spiro atoms. The van der Waals surface area contributed by atoms with Crippen molar-refractivity contribution in [2.75, 3.05) is 19.0 Å². The zero-order chi connectivity index (χ0) is 36.9. The maximum atomic E-state index is 13.7. The Balaban J connectivity index is 1.53. The zero-order valence-electron chi connectivity index (χ0n) is 27.4. The molecule has 5 rings (SSSR count). The van der Waals surface area contributed by atoms with Gasteiger partial charge >= 0.3 is 6.16 Å². The minimum absolute atomic E-state index is 0.00906. The Bertz CT molecular complexity index is 1380. The van der Waals surface area contributed by atoms with Gasteiger partial charge < -0.3 is 60.9 Å². The van der Waals surface area contributed by atoms with Crippen molar-refractivity contribution in [1.29, 1.82) is 0 Å². The molecule has 1 aromatic carbocycles. The Labute approximate surface area is 312 Å². The lowest BCUT2D eigenvalue weighted by Gasteiger charge is -2.49. The van der Waals surface area contributed by atoms with Crippen LogP contribution in [0, 0.1) is 0 Å². The minimum Gasteiger partial charge on any atom is -0.424 e. The first-order valence-electron chi connectivity index (χ1n) is 15.7. The average molecular weight is 858 g/mol. The van der Waals surface area contributed by atoms with Crippen molar-refractivity contribution in [3.05, 3.63) is 30.3 Å². The van der Waals surface area contributed by atoms with Gasteiger partial charge in [-0.25, -0.2) is 17.9 Å². The van der Waals surface area contributed by atoms with E-state index < -0.39 is 107 Å². The number of thioether (sulfide) groups is 1. The summed E-state index contributed by atoms with van der Waals surface area (Å²) in [5.74, 6) is 0.523. The van der Waals surface area contributed by atoms with Crippen LogP contribution in [0.3, 0.4) is 0 Å². The van der Waals surface area contributed by atoms with E-state index >= 15 is 0 Å². The minimum atomic E-state index is -4.17. The molecule has 4 fully saturated rings. The van der Waals surface area contributed by atoms with Gasteiger partial charge in [0.2, 0.25) is 10.0 Å². The number of aliphatic hydroxyl groups is 1. The molecule has 2 N–H and O–H groups in total. The summed E-state index contributed by atoms with van der Waals surface area (Å²) in [7, 11) is 6.55. The first kappa shape index (κ1) is 42.6. The Hall–Kier alpha value is 0.460. The van der Waals surface area contributed by atoms with Crippen LogP contribution in [0.15, 0.2) is 35.2 Å². The van der Waals surface area contributed by atoms with Crippen LogP contribution in [-0.4, -0.2) is 130 Å². The van der Waals surface area contributed by atoms with Crippen LogP contribution in [0.2, 0.25) is 0 Å². The lowest BCUT2D eigenvalue weighted by atomic mass is 9.96. The van der Waals surface area contributed by atoms with E-state index in [2.05, 4.69) is 52.1 Å².